The number of nitrogens with one attached hydrogen (secondary N) is 1. The lowest BCUT2D eigenvalue weighted by Gasteiger charge is -2.11. The highest BCUT2D eigenvalue weighted by molar-refractivity contribution is 7.21. The van der Waals surface area contributed by atoms with Crippen LogP contribution in [0.1, 0.15) is 32.1 Å². The van der Waals surface area contributed by atoms with Gasteiger partial charge in [-0.25, -0.2) is 4.98 Å². The topological polar surface area (TPSA) is 72.4 Å². The number of carbonyl (C=O) groups excluding carboxylic acids is 1. The molecule has 5 nitrogen and oxygen atoms in total. The lowest BCUT2D eigenvalue weighted by molar-refractivity contribution is 0.0943. The first-order valence-corrected chi connectivity index (χ1v) is 9.88. The van der Waals surface area contributed by atoms with Crippen LogP contribution in [0.5, 0.6) is 0 Å². The molecule has 0 unspecified atom stereocenters. The molecule has 3 aromatic heterocycles. The molecule has 0 radical (unpaired) electrons. The van der Waals surface area contributed by atoms with Crippen molar-refractivity contribution >= 4 is 38.8 Å². The Morgan fingerprint density at radius 1 is 1.26 bits per heavy atom. The third-order valence-electron chi connectivity index (χ3n) is 5.33. The summed E-state index contributed by atoms with van der Waals surface area (Å²) in [7, 11) is 0. The Balaban J connectivity index is 1.51. The van der Waals surface area contributed by atoms with Crippen molar-refractivity contribution in [1.82, 2.24) is 14.7 Å². The van der Waals surface area contributed by atoms with Gasteiger partial charge in [-0.2, -0.15) is 0 Å². The number of imidazole rings is 1. The maximum absolute atomic E-state index is 13.0. The standard InChI is InChI=1S/C21H20N4OS/c1-11-7-16-23-12(2)10-25(16)21-17(11)18(22)19(27-21)20(26)24-15-8-13-5-3-4-6-14(13)9-15/h3-7,10,15H,8-9,22H2,1-2H3,(H,24,26). The van der Waals surface area contributed by atoms with Crippen molar-refractivity contribution in [2.24, 2.45) is 0 Å². The number of anilines is 1. The Morgan fingerprint density at radius 3 is 2.67 bits per heavy atom. The second kappa shape index (κ2) is 5.82. The Labute approximate surface area is 160 Å². The summed E-state index contributed by atoms with van der Waals surface area (Å²) in [6.07, 6.45) is 3.73. The predicted octanol–water partition coefficient (Wildman–Crippen LogP) is 3.65. The van der Waals surface area contributed by atoms with E-state index in [1.165, 1.54) is 22.5 Å². The van der Waals surface area contributed by atoms with Gasteiger partial charge in [-0.3, -0.25) is 9.20 Å². The molecule has 0 saturated carbocycles. The number of nitrogen functional groups attached to an aromatic ring is 1. The zero-order chi connectivity index (χ0) is 18.7. The smallest absolute Gasteiger partial charge is 0.263 e. The van der Waals surface area contributed by atoms with Gasteiger partial charge in [0.15, 0.2) is 0 Å². The Bertz CT molecular complexity index is 1200. The Hall–Kier alpha value is -2.86. The number of amides is 1. The van der Waals surface area contributed by atoms with Crippen molar-refractivity contribution in [3.05, 3.63) is 63.8 Å². The molecule has 1 aliphatic carbocycles. The molecular weight excluding hydrogens is 356 g/mol. The summed E-state index contributed by atoms with van der Waals surface area (Å²) in [5.41, 5.74) is 12.5. The quantitative estimate of drug-likeness (QED) is 0.561. The van der Waals surface area contributed by atoms with Crippen LogP contribution < -0.4 is 11.1 Å². The van der Waals surface area contributed by atoms with Crippen molar-refractivity contribution in [3.8, 4) is 0 Å². The molecule has 1 aliphatic rings. The van der Waals surface area contributed by atoms with E-state index in [0.29, 0.717) is 10.6 Å². The van der Waals surface area contributed by atoms with Gasteiger partial charge in [0, 0.05) is 17.6 Å². The molecule has 0 spiro atoms. The molecule has 0 fully saturated rings. The first-order valence-electron chi connectivity index (χ1n) is 9.06. The van der Waals surface area contributed by atoms with Crippen LogP contribution in [-0.2, 0) is 12.8 Å². The van der Waals surface area contributed by atoms with E-state index in [1.54, 1.807) is 0 Å². The molecule has 0 bridgehead atoms. The fraction of sp³-hybridized carbons (Fsp3) is 0.238. The number of hydrogen-bond acceptors (Lipinski definition) is 4. The van der Waals surface area contributed by atoms with Gasteiger partial charge in [0.2, 0.25) is 0 Å². The van der Waals surface area contributed by atoms with Crippen molar-refractivity contribution < 1.29 is 4.79 Å². The number of thiophene rings is 1. The maximum Gasteiger partial charge on any atom is 0.263 e. The molecule has 136 valence electrons. The number of aromatic nitrogens is 2. The number of nitrogens with two attached hydrogens (primary N) is 1. The zero-order valence-corrected chi connectivity index (χ0v) is 16.1. The molecule has 5 rings (SSSR count). The molecule has 27 heavy (non-hydrogen) atoms. The van der Waals surface area contributed by atoms with Crippen molar-refractivity contribution in [2.45, 2.75) is 32.7 Å². The second-order valence-corrected chi connectivity index (χ2v) is 8.31. The minimum atomic E-state index is -0.0871. The fourth-order valence-corrected chi connectivity index (χ4v) is 5.28. The fourth-order valence-electron chi connectivity index (χ4n) is 4.11. The molecule has 1 aromatic carbocycles. The second-order valence-electron chi connectivity index (χ2n) is 7.31. The summed E-state index contributed by atoms with van der Waals surface area (Å²) in [4.78, 5) is 19.1. The van der Waals surface area contributed by atoms with Gasteiger partial charge < -0.3 is 11.1 Å². The number of fused-ring (bicyclic) bond motifs is 4. The summed E-state index contributed by atoms with van der Waals surface area (Å²) in [6, 6.07) is 10.5. The summed E-state index contributed by atoms with van der Waals surface area (Å²) in [5.74, 6) is -0.0871. The molecule has 0 aliphatic heterocycles. The van der Waals surface area contributed by atoms with Gasteiger partial charge in [0.25, 0.3) is 5.91 Å². The lowest BCUT2D eigenvalue weighted by atomic mass is 10.1. The SMILES string of the molecule is Cc1cn2c(cc(C)c3c(N)c(C(=O)NC4Cc5ccccc5C4)sc32)n1. The van der Waals surface area contributed by atoms with Crippen LogP contribution in [0.15, 0.2) is 36.5 Å². The Morgan fingerprint density at radius 2 is 1.96 bits per heavy atom. The zero-order valence-electron chi connectivity index (χ0n) is 15.2. The van der Waals surface area contributed by atoms with Gasteiger partial charge >= 0.3 is 0 Å². The van der Waals surface area contributed by atoms with Crippen molar-refractivity contribution in [1.29, 1.82) is 0 Å². The van der Waals surface area contributed by atoms with Crippen molar-refractivity contribution in [2.75, 3.05) is 5.73 Å². The van der Waals surface area contributed by atoms with Gasteiger partial charge in [-0.1, -0.05) is 24.3 Å². The average Bonchev–Trinajstić information content (AvgIpc) is 3.29. The first kappa shape index (κ1) is 16.3. The predicted molar refractivity (Wildman–Crippen MR) is 110 cm³/mol. The summed E-state index contributed by atoms with van der Waals surface area (Å²) < 4.78 is 2.03. The number of pyridine rings is 1. The maximum atomic E-state index is 13.0. The highest BCUT2D eigenvalue weighted by Gasteiger charge is 2.26. The van der Waals surface area contributed by atoms with E-state index in [2.05, 4.69) is 22.4 Å². The van der Waals surface area contributed by atoms with E-state index in [1.807, 2.05) is 42.6 Å². The molecule has 3 N–H and O–H groups in total. The van der Waals surface area contributed by atoms with E-state index < -0.39 is 0 Å². The third-order valence-corrected chi connectivity index (χ3v) is 6.54. The summed E-state index contributed by atoms with van der Waals surface area (Å²) in [6.45, 7) is 3.99. The van der Waals surface area contributed by atoms with Gasteiger partial charge in [-0.05, 0) is 49.4 Å². The number of carbonyl (C=O) groups is 1. The van der Waals surface area contributed by atoms with Gasteiger partial charge in [0.1, 0.15) is 15.4 Å². The summed E-state index contributed by atoms with van der Waals surface area (Å²) >= 11 is 1.44. The van der Waals surface area contributed by atoms with Gasteiger partial charge in [-0.15, -0.1) is 11.3 Å². The van der Waals surface area contributed by atoms with Crippen LogP contribution in [0.3, 0.4) is 0 Å². The molecule has 3 heterocycles. The van der Waals surface area contributed by atoms with E-state index in [0.717, 1.165) is 40.0 Å². The largest absolute Gasteiger partial charge is 0.397 e. The van der Waals surface area contributed by atoms with E-state index in [4.69, 9.17) is 5.73 Å². The summed E-state index contributed by atoms with van der Waals surface area (Å²) in [5, 5.41) is 4.13. The van der Waals surface area contributed by atoms with Crippen LogP contribution in [-0.4, -0.2) is 21.3 Å². The molecular formula is C21H20N4OS. The Kier molecular flexibility index (Phi) is 3.52. The number of benzene rings is 1. The first-order chi connectivity index (χ1) is 13.0. The lowest BCUT2D eigenvalue weighted by Crippen LogP contribution is -2.35. The molecule has 4 aromatic rings. The number of aryl methyl sites for hydroxylation is 2. The minimum absolute atomic E-state index is 0.0871. The molecule has 1 amide bonds. The van der Waals surface area contributed by atoms with Crippen LogP contribution >= 0.6 is 11.3 Å². The highest BCUT2D eigenvalue weighted by Crippen LogP contribution is 2.37. The number of nitrogens with zero attached hydrogens (tertiary/aromatic N) is 2. The molecule has 6 heteroatoms. The highest BCUT2D eigenvalue weighted by atomic mass is 32.1. The van der Waals surface area contributed by atoms with Crippen molar-refractivity contribution in [3.63, 3.8) is 0 Å². The molecule has 0 saturated heterocycles. The van der Waals surface area contributed by atoms with E-state index >= 15 is 0 Å². The van der Waals surface area contributed by atoms with Gasteiger partial charge in [0.05, 0.1) is 11.4 Å². The van der Waals surface area contributed by atoms with Crippen LogP contribution in [0.4, 0.5) is 5.69 Å². The van der Waals surface area contributed by atoms with E-state index in [9.17, 15) is 4.79 Å². The third kappa shape index (κ3) is 2.51. The average molecular weight is 376 g/mol. The van der Waals surface area contributed by atoms with Crippen LogP contribution in [0.25, 0.3) is 15.9 Å². The number of hydrogen-bond donors (Lipinski definition) is 2. The van der Waals surface area contributed by atoms with Crippen LogP contribution in [0.2, 0.25) is 0 Å². The monoisotopic (exact) mass is 376 g/mol. The van der Waals surface area contributed by atoms with E-state index in [-0.39, 0.29) is 11.9 Å². The number of rotatable bonds is 2. The van der Waals surface area contributed by atoms with Crippen LogP contribution in [0, 0.1) is 13.8 Å². The minimum Gasteiger partial charge on any atom is -0.397 e. The molecule has 0 atom stereocenters. The normalized spacial score (nSPS) is 14.1.